The summed E-state index contributed by atoms with van der Waals surface area (Å²) in [6, 6.07) is 9.10. The largest absolute Gasteiger partial charge is 0.493 e. The van der Waals surface area contributed by atoms with Gasteiger partial charge in [-0.15, -0.1) is 0 Å². The monoisotopic (exact) mass is 289 g/mol. The maximum Gasteiger partial charge on any atom is 0.122 e. The molecule has 0 radical (unpaired) electrons. The van der Waals surface area contributed by atoms with Crippen molar-refractivity contribution in [2.75, 3.05) is 26.4 Å². The molecule has 3 rings (SSSR count). The van der Waals surface area contributed by atoms with Gasteiger partial charge in [-0.05, 0) is 55.7 Å². The van der Waals surface area contributed by atoms with Gasteiger partial charge in [0.25, 0.3) is 0 Å². The van der Waals surface area contributed by atoms with Crippen LogP contribution in [0, 0.1) is 5.92 Å². The molecule has 0 spiro atoms. The quantitative estimate of drug-likeness (QED) is 0.901. The fourth-order valence-electron chi connectivity index (χ4n) is 3.75. The van der Waals surface area contributed by atoms with Crippen molar-refractivity contribution in [2.24, 2.45) is 5.92 Å². The van der Waals surface area contributed by atoms with Gasteiger partial charge in [-0.3, -0.25) is 0 Å². The Labute approximate surface area is 128 Å². The van der Waals surface area contributed by atoms with E-state index < -0.39 is 0 Å². The van der Waals surface area contributed by atoms with E-state index >= 15 is 0 Å². The third-order valence-corrected chi connectivity index (χ3v) is 4.85. The van der Waals surface area contributed by atoms with Gasteiger partial charge in [-0.1, -0.05) is 25.1 Å². The molecule has 2 aliphatic rings. The summed E-state index contributed by atoms with van der Waals surface area (Å²) < 4.78 is 11.5. The topological polar surface area (TPSA) is 30.5 Å². The van der Waals surface area contributed by atoms with Crippen LogP contribution in [0.3, 0.4) is 0 Å². The fourth-order valence-corrected chi connectivity index (χ4v) is 3.75. The van der Waals surface area contributed by atoms with E-state index in [2.05, 4.69) is 36.5 Å². The molecule has 0 saturated carbocycles. The Morgan fingerprint density at radius 1 is 1.24 bits per heavy atom. The average Bonchev–Trinajstić information content (AvgIpc) is 2.55. The van der Waals surface area contributed by atoms with Crippen LogP contribution in [0.4, 0.5) is 0 Å². The molecule has 1 N–H and O–H groups in total. The Bertz CT molecular complexity index is 443. The minimum Gasteiger partial charge on any atom is -0.493 e. The molecule has 0 aliphatic carbocycles. The van der Waals surface area contributed by atoms with Gasteiger partial charge >= 0.3 is 0 Å². The van der Waals surface area contributed by atoms with Crippen molar-refractivity contribution in [1.29, 1.82) is 0 Å². The molecule has 3 unspecified atom stereocenters. The standard InChI is InChI=1S/C18H27NO2/c1-2-19-17(15-6-5-10-20-13-15)12-14-9-11-21-18-8-4-3-7-16(14)18/h3-4,7-8,14-15,17,19H,2,5-6,9-13H2,1H3. The second kappa shape index (κ2) is 7.28. The van der Waals surface area contributed by atoms with Gasteiger partial charge in [-0.25, -0.2) is 0 Å². The molecule has 0 aromatic heterocycles. The molecule has 2 aliphatic heterocycles. The Morgan fingerprint density at radius 3 is 2.95 bits per heavy atom. The van der Waals surface area contributed by atoms with Gasteiger partial charge in [0, 0.05) is 12.6 Å². The van der Waals surface area contributed by atoms with Crippen LogP contribution in [-0.4, -0.2) is 32.4 Å². The van der Waals surface area contributed by atoms with Crippen LogP contribution in [0.1, 0.15) is 44.1 Å². The van der Waals surface area contributed by atoms with E-state index in [9.17, 15) is 0 Å². The molecule has 21 heavy (non-hydrogen) atoms. The van der Waals surface area contributed by atoms with E-state index in [1.165, 1.54) is 24.8 Å². The lowest BCUT2D eigenvalue weighted by atomic mass is 9.82. The van der Waals surface area contributed by atoms with Crippen molar-refractivity contribution >= 4 is 0 Å². The number of benzene rings is 1. The van der Waals surface area contributed by atoms with E-state index in [-0.39, 0.29) is 0 Å². The molecule has 1 fully saturated rings. The van der Waals surface area contributed by atoms with Crippen LogP contribution in [-0.2, 0) is 4.74 Å². The number of hydrogen-bond acceptors (Lipinski definition) is 3. The summed E-state index contributed by atoms with van der Waals surface area (Å²) in [5.41, 5.74) is 1.39. The highest BCUT2D eigenvalue weighted by Gasteiger charge is 2.29. The van der Waals surface area contributed by atoms with E-state index in [0.29, 0.717) is 17.9 Å². The molecule has 2 heterocycles. The Morgan fingerprint density at radius 2 is 2.14 bits per heavy atom. The van der Waals surface area contributed by atoms with Gasteiger partial charge < -0.3 is 14.8 Å². The molecule has 116 valence electrons. The third-order valence-electron chi connectivity index (χ3n) is 4.85. The first-order chi connectivity index (χ1) is 10.4. The molecule has 3 heteroatoms. The van der Waals surface area contributed by atoms with Gasteiger partial charge in [0.2, 0.25) is 0 Å². The van der Waals surface area contributed by atoms with Crippen molar-refractivity contribution in [2.45, 2.75) is 44.6 Å². The summed E-state index contributed by atoms with van der Waals surface area (Å²) in [6.07, 6.45) is 4.83. The second-order valence-electron chi connectivity index (χ2n) is 6.25. The van der Waals surface area contributed by atoms with E-state index in [4.69, 9.17) is 9.47 Å². The predicted molar refractivity (Wildman–Crippen MR) is 84.9 cm³/mol. The molecule has 1 aromatic rings. The second-order valence-corrected chi connectivity index (χ2v) is 6.25. The SMILES string of the molecule is CCNC(CC1CCOc2ccccc21)C1CCCOC1. The first-order valence-electron chi connectivity index (χ1n) is 8.41. The lowest BCUT2D eigenvalue weighted by Crippen LogP contribution is -2.41. The zero-order valence-corrected chi connectivity index (χ0v) is 13.0. The summed E-state index contributed by atoms with van der Waals surface area (Å²) in [6.45, 7) is 5.94. The lowest BCUT2D eigenvalue weighted by molar-refractivity contribution is 0.0363. The van der Waals surface area contributed by atoms with Crippen LogP contribution in [0.2, 0.25) is 0 Å². The zero-order chi connectivity index (χ0) is 14.5. The van der Waals surface area contributed by atoms with Crippen molar-refractivity contribution in [3.63, 3.8) is 0 Å². The van der Waals surface area contributed by atoms with Crippen LogP contribution in [0.25, 0.3) is 0 Å². The summed E-state index contributed by atoms with van der Waals surface area (Å²) in [4.78, 5) is 0. The summed E-state index contributed by atoms with van der Waals surface area (Å²) in [7, 11) is 0. The van der Waals surface area contributed by atoms with Crippen LogP contribution < -0.4 is 10.1 Å². The summed E-state index contributed by atoms with van der Waals surface area (Å²) >= 11 is 0. The molecule has 3 atom stereocenters. The smallest absolute Gasteiger partial charge is 0.122 e. The average molecular weight is 289 g/mol. The van der Waals surface area contributed by atoms with E-state index in [1.54, 1.807) is 0 Å². The third kappa shape index (κ3) is 3.58. The summed E-state index contributed by atoms with van der Waals surface area (Å²) in [5, 5.41) is 3.71. The first kappa shape index (κ1) is 14.9. The predicted octanol–water partition coefficient (Wildman–Crippen LogP) is 3.35. The molecule has 1 saturated heterocycles. The van der Waals surface area contributed by atoms with Crippen LogP contribution in [0.15, 0.2) is 24.3 Å². The lowest BCUT2D eigenvalue weighted by Gasteiger charge is -2.35. The maximum absolute atomic E-state index is 5.80. The van der Waals surface area contributed by atoms with Gasteiger partial charge in [0.1, 0.15) is 5.75 Å². The molecular weight excluding hydrogens is 262 g/mol. The van der Waals surface area contributed by atoms with Crippen LogP contribution in [0.5, 0.6) is 5.75 Å². The Hall–Kier alpha value is -1.06. The van der Waals surface area contributed by atoms with E-state index in [1.807, 2.05) is 0 Å². The number of hydrogen-bond donors (Lipinski definition) is 1. The Balaban J connectivity index is 1.71. The normalized spacial score (nSPS) is 26.7. The number of para-hydroxylation sites is 1. The number of nitrogens with one attached hydrogen (secondary N) is 1. The van der Waals surface area contributed by atoms with Crippen molar-refractivity contribution in [1.82, 2.24) is 5.32 Å². The number of ether oxygens (including phenoxy) is 2. The van der Waals surface area contributed by atoms with Crippen LogP contribution >= 0.6 is 0 Å². The molecule has 0 amide bonds. The van der Waals surface area contributed by atoms with Gasteiger partial charge in [0.05, 0.1) is 13.2 Å². The highest BCUT2D eigenvalue weighted by atomic mass is 16.5. The van der Waals surface area contributed by atoms with Gasteiger partial charge in [0.15, 0.2) is 0 Å². The van der Waals surface area contributed by atoms with Gasteiger partial charge in [-0.2, -0.15) is 0 Å². The first-order valence-corrected chi connectivity index (χ1v) is 8.41. The minimum atomic E-state index is 0.562. The molecule has 1 aromatic carbocycles. The van der Waals surface area contributed by atoms with Crippen molar-refractivity contribution in [3.05, 3.63) is 29.8 Å². The number of rotatable bonds is 5. The van der Waals surface area contributed by atoms with Crippen molar-refractivity contribution in [3.8, 4) is 5.75 Å². The zero-order valence-electron chi connectivity index (χ0n) is 13.0. The molecule has 3 nitrogen and oxygen atoms in total. The fraction of sp³-hybridized carbons (Fsp3) is 0.667. The van der Waals surface area contributed by atoms with Crippen molar-refractivity contribution < 1.29 is 9.47 Å². The number of fused-ring (bicyclic) bond motifs is 1. The molecular formula is C18H27NO2. The molecule has 0 bridgehead atoms. The minimum absolute atomic E-state index is 0.562. The Kier molecular flexibility index (Phi) is 5.15. The highest BCUT2D eigenvalue weighted by molar-refractivity contribution is 5.37. The van der Waals surface area contributed by atoms with E-state index in [0.717, 1.165) is 38.5 Å². The summed E-state index contributed by atoms with van der Waals surface area (Å²) in [5.74, 6) is 2.36. The maximum atomic E-state index is 5.80. The highest BCUT2D eigenvalue weighted by Crippen LogP contribution is 2.37.